The average Bonchev–Trinajstić information content (AvgIpc) is 3.61. The van der Waals surface area contributed by atoms with Crippen LogP contribution in [0.25, 0.3) is 0 Å². The third kappa shape index (κ3) is 4.34. The normalized spacial score (nSPS) is 29.7. The molecule has 2 aliphatic heterocycles. The van der Waals surface area contributed by atoms with E-state index in [1.54, 1.807) is 11.8 Å². The van der Waals surface area contributed by atoms with Gasteiger partial charge in [0.25, 0.3) is 5.91 Å². The van der Waals surface area contributed by atoms with E-state index in [1.165, 1.54) is 6.07 Å². The number of hydrogen-bond donors (Lipinski definition) is 2. The predicted octanol–water partition coefficient (Wildman–Crippen LogP) is 1.81. The predicted molar refractivity (Wildman–Crippen MR) is 126 cm³/mol. The number of amides is 2. The topological polar surface area (TPSA) is 133 Å². The molecule has 0 spiro atoms. The SMILES string of the molecule is CCC(=O)C(CC1CCCC1=O)NC(=O)C1C2CCCC2CN1C(=O)c1cc2c([nH]1)CCS2(=O)=O. The van der Waals surface area contributed by atoms with Gasteiger partial charge in [-0.2, -0.15) is 0 Å². The molecule has 1 aromatic rings. The van der Waals surface area contributed by atoms with Crippen molar-refractivity contribution in [2.45, 2.75) is 81.7 Å². The summed E-state index contributed by atoms with van der Waals surface area (Å²) in [6.45, 7) is 2.18. The largest absolute Gasteiger partial charge is 0.353 e. The number of Topliss-reactive ketones (excluding diaryl/α,β-unsaturated/α-hetero) is 2. The molecule has 10 heteroatoms. The molecule has 5 rings (SSSR count). The molecule has 0 aromatic carbocycles. The number of likely N-dealkylation sites (tertiary alicyclic amines) is 1. The molecule has 2 aliphatic carbocycles. The van der Waals surface area contributed by atoms with Gasteiger partial charge in [0.2, 0.25) is 5.91 Å². The minimum Gasteiger partial charge on any atom is -0.353 e. The Morgan fingerprint density at radius 3 is 2.66 bits per heavy atom. The van der Waals surface area contributed by atoms with Gasteiger partial charge in [-0.3, -0.25) is 19.2 Å². The average molecular weight is 504 g/mol. The Bertz CT molecular complexity index is 1170. The first-order valence-electron chi connectivity index (χ1n) is 12.8. The highest BCUT2D eigenvalue weighted by Crippen LogP contribution is 2.43. The molecular formula is C25H33N3O6S. The number of ketones is 2. The smallest absolute Gasteiger partial charge is 0.271 e. The van der Waals surface area contributed by atoms with Crippen molar-refractivity contribution in [2.24, 2.45) is 17.8 Å². The van der Waals surface area contributed by atoms with Gasteiger partial charge in [-0.1, -0.05) is 13.3 Å². The Hall–Kier alpha value is -2.49. The van der Waals surface area contributed by atoms with Gasteiger partial charge in [0, 0.05) is 37.4 Å². The number of carbonyl (C=O) groups is 4. The van der Waals surface area contributed by atoms with E-state index < -0.39 is 21.9 Å². The number of fused-ring (bicyclic) bond motifs is 2. The van der Waals surface area contributed by atoms with Crippen LogP contribution < -0.4 is 5.32 Å². The molecule has 3 heterocycles. The second-order valence-electron chi connectivity index (χ2n) is 10.5. The van der Waals surface area contributed by atoms with Crippen LogP contribution in [0.2, 0.25) is 0 Å². The zero-order chi connectivity index (χ0) is 24.9. The highest BCUT2D eigenvalue weighted by molar-refractivity contribution is 7.91. The Morgan fingerprint density at radius 1 is 1.17 bits per heavy atom. The number of nitrogens with zero attached hydrogens (tertiary/aromatic N) is 1. The van der Waals surface area contributed by atoms with Gasteiger partial charge in [0.05, 0.1) is 16.7 Å². The van der Waals surface area contributed by atoms with Crippen LogP contribution in [0.1, 0.15) is 74.5 Å². The minimum absolute atomic E-state index is 0.00924. The molecule has 4 aliphatic rings. The van der Waals surface area contributed by atoms with E-state index in [4.69, 9.17) is 0 Å². The molecule has 5 unspecified atom stereocenters. The fourth-order valence-corrected chi connectivity index (χ4v) is 8.12. The summed E-state index contributed by atoms with van der Waals surface area (Å²) in [5, 5.41) is 2.92. The summed E-state index contributed by atoms with van der Waals surface area (Å²) in [6.07, 6.45) is 5.75. The van der Waals surface area contributed by atoms with Gasteiger partial charge in [-0.05, 0) is 50.0 Å². The molecule has 2 amide bonds. The van der Waals surface area contributed by atoms with Crippen molar-refractivity contribution in [1.29, 1.82) is 0 Å². The molecule has 2 N–H and O–H groups in total. The third-order valence-corrected chi connectivity index (χ3v) is 10.2. The first-order chi connectivity index (χ1) is 16.7. The lowest BCUT2D eigenvalue weighted by Gasteiger charge is -2.29. The zero-order valence-electron chi connectivity index (χ0n) is 20.0. The molecule has 9 nitrogen and oxygen atoms in total. The number of carbonyl (C=O) groups excluding carboxylic acids is 4. The van der Waals surface area contributed by atoms with Crippen LogP contribution >= 0.6 is 0 Å². The number of hydrogen-bond acceptors (Lipinski definition) is 6. The van der Waals surface area contributed by atoms with E-state index in [2.05, 4.69) is 10.3 Å². The first kappa shape index (κ1) is 24.2. The Balaban J connectivity index is 1.37. The van der Waals surface area contributed by atoms with Crippen molar-refractivity contribution in [3.63, 3.8) is 0 Å². The molecular weight excluding hydrogens is 470 g/mol. The fourth-order valence-electron chi connectivity index (χ4n) is 6.60. The van der Waals surface area contributed by atoms with Crippen molar-refractivity contribution >= 4 is 33.2 Å². The lowest BCUT2D eigenvalue weighted by molar-refractivity contribution is -0.131. The summed E-state index contributed by atoms with van der Waals surface area (Å²) in [5.74, 6) is -0.645. The third-order valence-electron chi connectivity index (χ3n) is 8.47. The highest BCUT2D eigenvalue weighted by Gasteiger charge is 2.50. The van der Waals surface area contributed by atoms with Gasteiger partial charge in [-0.25, -0.2) is 8.42 Å². The highest BCUT2D eigenvalue weighted by atomic mass is 32.2. The van der Waals surface area contributed by atoms with Crippen molar-refractivity contribution < 1.29 is 27.6 Å². The van der Waals surface area contributed by atoms with E-state index >= 15 is 0 Å². The van der Waals surface area contributed by atoms with E-state index in [0.29, 0.717) is 31.5 Å². The Morgan fingerprint density at radius 2 is 1.97 bits per heavy atom. The van der Waals surface area contributed by atoms with Gasteiger partial charge < -0.3 is 15.2 Å². The number of H-pyrrole nitrogens is 1. The number of aryl methyl sites for hydroxylation is 1. The molecule has 2 saturated carbocycles. The van der Waals surface area contributed by atoms with Crippen LogP contribution in [0, 0.1) is 17.8 Å². The van der Waals surface area contributed by atoms with Crippen molar-refractivity contribution in [1.82, 2.24) is 15.2 Å². The number of aromatic nitrogens is 1. The molecule has 0 bridgehead atoms. The molecule has 0 radical (unpaired) electrons. The molecule has 35 heavy (non-hydrogen) atoms. The van der Waals surface area contributed by atoms with Crippen LogP contribution in [-0.2, 0) is 30.6 Å². The van der Waals surface area contributed by atoms with Crippen LogP contribution in [0.5, 0.6) is 0 Å². The molecule has 3 fully saturated rings. The summed E-state index contributed by atoms with van der Waals surface area (Å²) < 4.78 is 24.5. The molecule has 1 aromatic heterocycles. The summed E-state index contributed by atoms with van der Waals surface area (Å²) in [5.41, 5.74) is 0.734. The van der Waals surface area contributed by atoms with Crippen molar-refractivity contribution in [2.75, 3.05) is 12.3 Å². The maximum Gasteiger partial charge on any atom is 0.271 e. The summed E-state index contributed by atoms with van der Waals surface area (Å²) in [4.78, 5) is 56.7. The van der Waals surface area contributed by atoms with Crippen LogP contribution in [0.4, 0.5) is 0 Å². The monoisotopic (exact) mass is 503 g/mol. The number of aromatic amines is 1. The molecule has 190 valence electrons. The molecule has 5 atom stereocenters. The second kappa shape index (κ2) is 9.19. The quantitative estimate of drug-likeness (QED) is 0.583. The van der Waals surface area contributed by atoms with Gasteiger partial charge >= 0.3 is 0 Å². The van der Waals surface area contributed by atoms with E-state index in [1.807, 2.05) is 0 Å². The lowest BCUT2D eigenvalue weighted by atomic mass is 9.91. The van der Waals surface area contributed by atoms with Crippen molar-refractivity contribution in [3.05, 3.63) is 17.5 Å². The maximum absolute atomic E-state index is 13.6. The second-order valence-corrected chi connectivity index (χ2v) is 12.6. The van der Waals surface area contributed by atoms with Crippen LogP contribution in [0.3, 0.4) is 0 Å². The lowest BCUT2D eigenvalue weighted by Crippen LogP contribution is -2.53. The van der Waals surface area contributed by atoms with Crippen molar-refractivity contribution in [3.8, 4) is 0 Å². The Kier molecular flexibility index (Phi) is 6.35. The number of rotatable bonds is 7. The van der Waals surface area contributed by atoms with Gasteiger partial charge in [0.15, 0.2) is 15.6 Å². The van der Waals surface area contributed by atoms with E-state index in [0.717, 1.165) is 32.1 Å². The number of nitrogens with one attached hydrogen (secondary N) is 2. The van der Waals surface area contributed by atoms with E-state index in [-0.39, 0.29) is 63.9 Å². The standard InChI is InChI=1S/C25H33N3O6S/c1-2-20(29)18(11-14-5-4-8-21(14)30)27-24(31)23-16-7-3-6-15(16)13-28(23)25(32)19-12-22-17(26-19)9-10-35(22,33)34/h12,14-16,18,23,26H,2-11,13H2,1H3,(H,27,31). The summed E-state index contributed by atoms with van der Waals surface area (Å²) >= 11 is 0. The fraction of sp³-hybridized carbons (Fsp3) is 0.680. The summed E-state index contributed by atoms with van der Waals surface area (Å²) in [6, 6.07) is -0.0503. The minimum atomic E-state index is -3.38. The van der Waals surface area contributed by atoms with Crippen LogP contribution in [0.15, 0.2) is 11.0 Å². The van der Waals surface area contributed by atoms with E-state index in [9.17, 15) is 27.6 Å². The Labute approximate surface area is 205 Å². The van der Waals surface area contributed by atoms with Crippen LogP contribution in [-0.4, -0.2) is 66.1 Å². The first-order valence-corrected chi connectivity index (χ1v) is 14.5. The molecule has 1 saturated heterocycles. The van der Waals surface area contributed by atoms with Gasteiger partial charge in [0.1, 0.15) is 17.5 Å². The summed E-state index contributed by atoms with van der Waals surface area (Å²) in [7, 11) is -3.38. The van der Waals surface area contributed by atoms with Gasteiger partial charge in [-0.15, -0.1) is 0 Å². The number of sulfone groups is 1. The zero-order valence-corrected chi connectivity index (χ0v) is 20.9. The maximum atomic E-state index is 13.6.